The average Bonchev–Trinajstić information content (AvgIpc) is 3.08. The normalized spacial score (nSPS) is 25.9. The molecule has 6 N–H and O–H groups in total. The number of hydrogen-bond donors (Lipinski definition) is 5. The highest BCUT2D eigenvalue weighted by Crippen LogP contribution is 2.44. The lowest BCUT2D eigenvalue weighted by Gasteiger charge is -2.30. The molecule has 0 aromatic carbocycles. The number of rotatable bonds is 14. The van der Waals surface area contributed by atoms with E-state index in [-0.39, 0.29) is 30.5 Å². The van der Waals surface area contributed by atoms with Crippen molar-refractivity contribution in [1.29, 1.82) is 0 Å². The number of carbonyl (C=O) groups is 2. The van der Waals surface area contributed by atoms with Gasteiger partial charge in [-0.1, -0.05) is 27.7 Å². The molecular weight excluding hydrogens is 549 g/mol. The quantitative estimate of drug-likeness (QED) is 0.146. The van der Waals surface area contributed by atoms with Gasteiger partial charge in [-0.25, -0.2) is 15.0 Å². The molecule has 6 atom stereocenters. The van der Waals surface area contributed by atoms with Gasteiger partial charge >= 0.3 is 25.3 Å². The first-order valence-corrected chi connectivity index (χ1v) is 14.5. The highest BCUT2D eigenvalue weighted by atomic mass is 31.2. The van der Waals surface area contributed by atoms with Crippen molar-refractivity contribution < 1.29 is 43.1 Å². The number of hydrogen-bond acceptors (Lipinski definition) is 12. The van der Waals surface area contributed by atoms with E-state index in [2.05, 4.69) is 15.2 Å². The van der Waals surface area contributed by atoms with Crippen molar-refractivity contribution in [3.05, 3.63) is 22.7 Å². The molecule has 0 aliphatic carbocycles. The van der Waals surface area contributed by atoms with Gasteiger partial charge in [0.1, 0.15) is 35.7 Å². The van der Waals surface area contributed by atoms with Gasteiger partial charge in [0.2, 0.25) is 0 Å². The van der Waals surface area contributed by atoms with Crippen LogP contribution < -0.4 is 21.6 Å². The molecule has 0 bridgehead atoms. The Bertz CT molecular complexity index is 1090. The number of aromatic nitrogens is 2. The molecule has 1 aliphatic heterocycles. The molecule has 2 rings (SSSR count). The van der Waals surface area contributed by atoms with Crippen LogP contribution in [0, 0.1) is 11.8 Å². The Morgan fingerprint density at radius 3 is 2.08 bits per heavy atom. The highest BCUT2D eigenvalue weighted by Gasteiger charge is 2.54. The number of esters is 2. The fraction of sp³-hybridized carbons (Fsp3) is 0.750. The third-order valence-electron chi connectivity index (χ3n) is 6.32. The summed E-state index contributed by atoms with van der Waals surface area (Å²) in [4.78, 5) is 41.0. The van der Waals surface area contributed by atoms with E-state index < -0.39 is 68.0 Å². The van der Waals surface area contributed by atoms with E-state index in [1.54, 1.807) is 0 Å². The minimum absolute atomic E-state index is 0.0141. The zero-order valence-corrected chi connectivity index (χ0v) is 24.8. The van der Waals surface area contributed by atoms with Crippen LogP contribution in [0.2, 0.25) is 0 Å². The molecule has 1 saturated heterocycles. The average molecular weight is 592 g/mol. The Hall–Kier alpha value is -2.39. The van der Waals surface area contributed by atoms with Crippen LogP contribution in [0.3, 0.4) is 0 Å². The number of carbonyl (C=O) groups excluding carboxylic acids is 2. The Kier molecular flexibility index (Phi) is 11.8. The monoisotopic (exact) mass is 591 g/mol. The number of anilines is 1. The second-order valence-corrected chi connectivity index (χ2v) is 12.6. The number of aliphatic hydroxyl groups excluding tert-OH is 1. The van der Waals surface area contributed by atoms with Crippen molar-refractivity contribution >= 4 is 25.4 Å². The lowest BCUT2D eigenvalue weighted by atomic mass is 9.96. The molecule has 0 spiro atoms. The maximum absolute atomic E-state index is 14.2. The molecule has 2 unspecified atom stereocenters. The number of nitrogens with one attached hydrogen (secondary N) is 2. The summed E-state index contributed by atoms with van der Waals surface area (Å²) < 4.78 is 36.3. The van der Waals surface area contributed by atoms with Gasteiger partial charge in [-0.2, -0.15) is 4.98 Å². The van der Waals surface area contributed by atoms with Crippen molar-refractivity contribution in [2.75, 3.05) is 26.6 Å². The Labute approximate surface area is 233 Å². The van der Waals surface area contributed by atoms with Crippen molar-refractivity contribution in [3.63, 3.8) is 0 Å². The Morgan fingerprint density at radius 1 is 1.15 bits per heavy atom. The molecule has 0 radical (unpaired) electrons. The first kappa shape index (κ1) is 33.8. The molecule has 40 heavy (non-hydrogen) atoms. The van der Waals surface area contributed by atoms with E-state index in [9.17, 15) is 29.2 Å². The third kappa shape index (κ3) is 8.56. The van der Waals surface area contributed by atoms with E-state index in [1.165, 1.54) is 33.4 Å². The van der Waals surface area contributed by atoms with E-state index in [1.807, 2.05) is 27.7 Å². The Morgan fingerprint density at radius 2 is 1.65 bits per heavy atom. The van der Waals surface area contributed by atoms with Crippen LogP contribution in [0.4, 0.5) is 5.82 Å². The van der Waals surface area contributed by atoms with Crippen molar-refractivity contribution in [2.45, 2.75) is 83.6 Å². The third-order valence-corrected chi connectivity index (χ3v) is 8.13. The minimum Gasteiger partial charge on any atom is -0.468 e. The molecular formula is C24H42N5O10P. The topological polar surface area (TPSA) is 214 Å². The summed E-state index contributed by atoms with van der Waals surface area (Å²) in [5, 5.41) is 27.2. The summed E-state index contributed by atoms with van der Waals surface area (Å²) in [6, 6.07) is -0.835. The van der Waals surface area contributed by atoms with Crippen LogP contribution in [-0.2, 0) is 32.9 Å². The van der Waals surface area contributed by atoms with E-state index >= 15 is 0 Å². The Balaban J connectivity index is 2.38. The van der Waals surface area contributed by atoms with E-state index in [4.69, 9.17) is 24.5 Å². The van der Waals surface area contributed by atoms with Crippen LogP contribution in [0.25, 0.3) is 0 Å². The molecule has 0 saturated carbocycles. The number of aliphatic hydroxyl groups is 2. The standard InChI is InChI=1S/C24H42N5O10P/c1-13(2)10-15(20(31)36-6)27-40(35,28-16(11-14(3)4)21(32)37-7)38-12-17-19(30)24(5,34)22(39-17)29-9-8-18(25)26-23(29)33/h8-9,13-17,19,22,30,34H,10-12H2,1-7H3,(H2,25,26,33)(H2,27,28,35)/t15?,16?,17-,19-,22-,24-,40?/m1/s1. The van der Waals surface area contributed by atoms with Crippen LogP contribution in [0.1, 0.15) is 53.7 Å². The number of nitrogens with zero attached hydrogens (tertiary/aromatic N) is 2. The summed E-state index contributed by atoms with van der Waals surface area (Å²) in [5.74, 6) is -1.47. The van der Waals surface area contributed by atoms with Gasteiger partial charge in [-0.3, -0.25) is 18.7 Å². The summed E-state index contributed by atoms with van der Waals surface area (Å²) >= 11 is 0. The fourth-order valence-corrected chi connectivity index (χ4v) is 6.14. The molecule has 228 valence electrons. The molecule has 1 aromatic rings. The summed E-state index contributed by atoms with van der Waals surface area (Å²) in [5.41, 5.74) is 2.73. The number of methoxy groups -OCH3 is 2. The maximum Gasteiger partial charge on any atom is 0.351 e. The van der Waals surface area contributed by atoms with Crippen LogP contribution >= 0.6 is 7.67 Å². The van der Waals surface area contributed by atoms with Crippen molar-refractivity contribution in [1.82, 2.24) is 19.7 Å². The zero-order chi connectivity index (χ0) is 30.4. The first-order chi connectivity index (χ1) is 18.5. The predicted octanol–water partition coefficient (Wildman–Crippen LogP) is 0.314. The molecule has 1 aromatic heterocycles. The molecule has 15 nitrogen and oxygen atoms in total. The zero-order valence-electron chi connectivity index (χ0n) is 23.9. The van der Waals surface area contributed by atoms with Crippen LogP contribution in [0.15, 0.2) is 17.1 Å². The smallest absolute Gasteiger partial charge is 0.351 e. The van der Waals surface area contributed by atoms with Gasteiger partial charge in [0.25, 0.3) is 0 Å². The van der Waals surface area contributed by atoms with Gasteiger partial charge in [0, 0.05) is 6.20 Å². The summed E-state index contributed by atoms with van der Waals surface area (Å²) in [7, 11) is -1.91. The lowest BCUT2D eigenvalue weighted by Crippen LogP contribution is -2.47. The van der Waals surface area contributed by atoms with Gasteiger partial charge in [-0.05, 0) is 37.7 Å². The number of ether oxygens (including phenoxy) is 3. The minimum atomic E-state index is -4.28. The van der Waals surface area contributed by atoms with E-state index in [0.29, 0.717) is 0 Å². The first-order valence-electron chi connectivity index (χ1n) is 12.9. The van der Waals surface area contributed by atoms with Gasteiger partial charge < -0.3 is 34.7 Å². The SMILES string of the molecule is COC(=O)C(CC(C)C)NP(=O)(NC(CC(C)C)C(=O)OC)OC[C@H]1O[C@@H](n2ccc(N)nc2=O)[C@](C)(O)[C@@H]1O. The van der Waals surface area contributed by atoms with E-state index in [0.717, 1.165) is 4.57 Å². The molecule has 1 fully saturated rings. The largest absolute Gasteiger partial charge is 0.468 e. The summed E-state index contributed by atoms with van der Waals surface area (Å²) in [6.45, 7) is 8.09. The molecule has 0 amide bonds. The number of nitrogens with two attached hydrogens (primary N) is 1. The molecule has 1 aliphatic rings. The van der Waals surface area contributed by atoms with Gasteiger partial charge in [0.05, 0.1) is 20.8 Å². The second kappa shape index (κ2) is 14.0. The fourth-order valence-electron chi connectivity index (χ4n) is 4.31. The molecule has 16 heteroatoms. The van der Waals surface area contributed by atoms with Crippen LogP contribution in [-0.4, -0.2) is 82.4 Å². The van der Waals surface area contributed by atoms with Crippen LogP contribution in [0.5, 0.6) is 0 Å². The lowest BCUT2D eigenvalue weighted by molar-refractivity contribution is -0.143. The molecule has 2 heterocycles. The summed E-state index contributed by atoms with van der Waals surface area (Å²) in [6.07, 6.45) is -2.57. The second-order valence-electron chi connectivity index (χ2n) is 10.8. The van der Waals surface area contributed by atoms with Gasteiger partial charge in [0.15, 0.2) is 6.23 Å². The van der Waals surface area contributed by atoms with Crippen molar-refractivity contribution in [3.8, 4) is 0 Å². The predicted molar refractivity (Wildman–Crippen MR) is 144 cm³/mol. The highest BCUT2D eigenvalue weighted by molar-refractivity contribution is 7.54. The number of nitrogen functional groups attached to an aromatic ring is 1. The van der Waals surface area contributed by atoms with Gasteiger partial charge in [-0.15, -0.1) is 0 Å². The van der Waals surface area contributed by atoms with Crippen molar-refractivity contribution in [2.24, 2.45) is 11.8 Å². The maximum atomic E-state index is 14.2.